The van der Waals surface area contributed by atoms with E-state index in [-0.39, 0.29) is 5.91 Å². The Morgan fingerprint density at radius 2 is 1.63 bits per heavy atom. The minimum atomic E-state index is -0.132. The summed E-state index contributed by atoms with van der Waals surface area (Å²) in [5, 5.41) is 1.30. The Morgan fingerprint density at radius 1 is 0.886 bits per heavy atom. The lowest BCUT2D eigenvalue weighted by atomic mass is 10.1. The molecule has 4 nitrogen and oxygen atoms in total. The van der Waals surface area contributed by atoms with Gasteiger partial charge in [0.1, 0.15) is 11.5 Å². The first kappa shape index (κ1) is 23.2. The molecule has 1 aromatic heterocycles. The topological polar surface area (TPSA) is 45.8 Å². The summed E-state index contributed by atoms with van der Waals surface area (Å²) >= 11 is 7.63. The number of rotatable bonds is 4. The van der Waals surface area contributed by atoms with Crippen LogP contribution in [0.4, 0.5) is 11.4 Å². The smallest absolute Gasteiger partial charge is 0.271 e. The van der Waals surface area contributed by atoms with Crippen LogP contribution in [0.15, 0.2) is 93.2 Å². The number of anilines is 1. The Balaban J connectivity index is 1.54. The highest BCUT2D eigenvalue weighted by Crippen LogP contribution is 2.39. The van der Waals surface area contributed by atoms with Gasteiger partial charge in [-0.15, -0.1) is 0 Å². The molecule has 0 bridgehead atoms. The highest BCUT2D eigenvalue weighted by atomic mass is 35.5. The lowest BCUT2D eigenvalue weighted by molar-refractivity contribution is -0.113. The molecule has 35 heavy (non-hydrogen) atoms. The number of para-hydroxylation sites is 2. The summed E-state index contributed by atoms with van der Waals surface area (Å²) in [5.74, 6) is 1.15. The third kappa shape index (κ3) is 4.70. The van der Waals surface area contributed by atoms with Gasteiger partial charge in [-0.3, -0.25) is 9.69 Å². The predicted octanol–water partition coefficient (Wildman–Crippen LogP) is 8.33. The molecule has 1 fully saturated rings. The molecule has 1 saturated heterocycles. The van der Waals surface area contributed by atoms with Crippen LogP contribution in [0.5, 0.6) is 0 Å². The molecule has 0 unspecified atom stereocenters. The minimum absolute atomic E-state index is 0.132. The lowest BCUT2D eigenvalue weighted by Gasteiger charge is -2.18. The SMILES string of the molecule is Cc1ccc(-c2ccc(/C=C3\SC(=Nc4ccccc4C)N(c4ccccc4C)C3=O)o2)cc1Cl. The van der Waals surface area contributed by atoms with Crippen LogP contribution in [0.25, 0.3) is 17.4 Å². The van der Waals surface area contributed by atoms with Gasteiger partial charge in [-0.2, -0.15) is 0 Å². The molecular formula is C29H23ClN2O2S. The number of benzene rings is 3. The van der Waals surface area contributed by atoms with Crippen LogP contribution >= 0.6 is 23.4 Å². The molecule has 6 heteroatoms. The van der Waals surface area contributed by atoms with Crippen LogP contribution in [0.1, 0.15) is 22.5 Å². The van der Waals surface area contributed by atoms with E-state index in [0.717, 1.165) is 33.6 Å². The highest BCUT2D eigenvalue weighted by Gasteiger charge is 2.35. The van der Waals surface area contributed by atoms with Crippen LogP contribution in [-0.2, 0) is 4.79 Å². The first-order valence-electron chi connectivity index (χ1n) is 11.2. The van der Waals surface area contributed by atoms with Gasteiger partial charge in [0.2, 0.25) is 0 Å². The summed E-state index contributed by atoms with van der Waals surface area (Å²) in [6.07, 6.45) is 1.78. The molecule has 0 radical (unpaired) electrons. The van der Waals surface area contributed by atoms with Gasteiger partial charge in [0.05, 0.1) is 16.3 Å². The summed E-state index contributed by atoms with van der Waals surface area (Å²) in [5.41, 5.74) is 5.58. The fraction of sp³-hybridized carbons (Fsp3) is 0.103. The van der Waals surface area contributed by atoms with Crippen molar-refractivity contribution < 1.29 is 9.21 Å². The number of hydrogen-bond acceptors (Lipinski definition) is 4. The molecule has 0 aliphatic carbocycles. The van der Waals surface area contributed by atoms with Gasteiger partial charge in [0.15, 0.2) is 5.17 Å². The number of hydrogen-bond donors (Lipinski definition) is 0. The molecule has 174 valence electrons. The van der Waals surface area contributed by atoms with E-state index in [0.29, 0.717) is 26.6 Å². The van der Waals surface area contributed by atoms with Crippen molar-refractivity contribution in [3.63, 3.8) is 0 Å². The summed E-state index contributed by atoms with van der Waals surface area (Å²) in [4.78, 5) is 20.7. The van der Waals surface area contributed by atoms with Gasteiger partial charge in [-0.05, 0) is 79.6 Å². The van der Waals surface area contributed by atoms with E-state index in [1.54, 1.807) is 11.0 Å². The molecule has 2 heterocycles. The third-order valence-electron chi connectivity index (χ3n) is 5.85. The zero-order valence-electron chi connectivity index (χ0n) is 19.6. The zero-order valence-corrected chi connectivity index (χ0v) is 21.2. The van der Waals surface area contributed by atoms with Crippen molar-refractivity contribution in [1.29, 1.82) is 0 Å². The predicted molar refractivity (Wildman–Crippen MR) is 146 cm³/mol. The molecule has 3 aromatic carbocycles. The lowest BCUT2D eigenvalue weighted by Crippen LogP contribution is -2.29. The average Bonchev–Trinajstić information content (AvgIpc) is 3.43. The number of furan rings is 1. The van der Waals surface area contributed by atoms with E-state index in [2.05, 4.69) is 0 Å². The van der Waals surface area contributed by atoms with Gasteiger partial charge < -0.3 is 4.42 Å². The molecule has 0 spiro atoms. The molecule has 0 atom stereocenters. The van der Waals surface area contributed by atoms with Crippen LogP contribution in [0.3, 0.4) is 0 Å². The summed E-state index contributed by atoms with van der Waals surface area (Å²) < 4.78 is 6.05. The third-order valence-corrected chi connectivity index (χ3v) is 7.23. The van der Waals surface area contributed by atoms with Crippen molar-refractivity contribution >= 4 is 51.9 Å². The van der Waals surface area contributed by atoms with E-state index in [1.807, 2.05) is 99.6 Å². The Bertz CT molecular complexity index is 1500. The summed E-state index contributed by atoms with van der Waals surface area (Å²) in [6, 6.07) is 25.3. The van der Waals surface area contributed by atoms with Crippen molar-refractivity contribution in [3.8, 4) is 11.3 Å². The number of nitrogens with zero attached hydrogens (tertiary/aromatic N) is 2. The first-order valence-corrected chi connectivity index (χ1v) is 12.4. The largest absolute Gasteiger partial charge is 0.457 e. The molecule has 5 rings (SSSR count). The normalized spacial score (nSPS) is 16.0. The van der Waals surface area contributed by atoms with Crippen LogP contribution in [-0.4, -0.2) is 11.1 Å². The number of carbonyl (C=O) groups is 1. The molecule has 0 N–H and O–H groups in total. The van der Waals surface area contributed by atoms with E-state index in [1.165, 1.54) is 11.8 Å². The van der Waals surface area contributed by atoms with Gasteiger partial charge >= 0.3 is 0 Å². The second kappa shape index (κ2) is 9.61. The fourth-order valence-electron chi connectivity index (χ4n) is 3.83. The van der Waals surface area contributed by atoms with Crippen molar-refractivity contribution in [2.45, 2.75) is 20.8 Å². The maximum atomic E-state index is 13.6. The number of halogens is 1. The highest BCUT2D eigenvalue weighted by molar-refractivity contribution is 8.19. The Kier molecular flexibility index (Phi) is 6.37. The number of aliphatic imine (C=N–C) groups is 1. The number of carbonyl (C=O) groups excluding carboxylic acids is 1. The molecule has 1 aliphatic heterocycles. The number of amides is 1. The molecule has 4 aromatic rings. The number of thioether (sulfide) groups is 1. The summed E-state index contributed by atoms with van der Waals surface area (Å²) in [6.45, 7) is 5.96. The minimum Gasteiger partial charge on any atom is -0.457 e. The number of aryl methyl sites for hydroxylation is 3. The van der Waals surface area contributed by atoms with Crippen molar-refractivity contribution in [2.75, 3.05) is 4.90 Å². The molecule has 1 aliphatic rings. The Morgan fingerprint density at radius 3 is 2.37 bits per heavy atom. The maximum absolute atomic E-state index is 13.6. The second-order valence-corrected chi connectivity index (χ2v) is 9.80. The van der Waals surface area contributed by atoms with Crippen molar-refractivity contribution in [3.05, 3.63) is 111 Å². The van der Waals surface area contributed by atoms with E-state index >= 15 is 0 Å². The van der Waals surface area contributed by atoms with Crippen LogP contribution in [0, 0.1) is 20.8 Å². The first-order chi connectivity index (χ1) is 16.9. The van der Waals surface area contributed by atoms with Gasteiger partial charge in [-0.25, -0.2) is 4.99 Å². The van der Waals surface area contributed by atoms with Gasteiger partial charge in [0.25, 0.3) is 5.91 Å². The standard InChI is InChI=1S/C29H23ClN2O2S/c1-18-12-13-21(16-23(18)30)26-15-14-22(34-26)17-27-28(33)32(25-11-7-5-9-20(25)3)29(35-27)31-24-10-6-4-8-19(24)2/h4-17H,1-3H3/b27-17-,31-29?. The molecule has 0 saturated carbocycles. The second-order valence-electron chi connectivity index (χ2n) is 8.38. The molecular weight excluding hydrogens is 476 g/mol. The monoisotopic (exact) mass is 498 g/mol. The fourth-order valence-corrected chi connectivity index (χ4v) is 4.98. The van der Waals surface area contributed by atoms with E-state index < -0.39 is 0 Å². The van der Waals surface area contributed by atoms with Crippen molar-refractivity contribution in [1.82, 2.24) is 0 Å². The average molecular weight is 499 g/mol. The zero-order chi connectivity index (χ0) is 24.5. The Labute approximate surface area is 213 Å². The molecule has 1 amide bonds. The maximum Gasteiger partial charge on any atom is 0.271 e. The van der Waals surface area contributed by atoms with E-state index in [4.69, 9.17) is 21.0 Å². The summed E-state index contributed by atoms with van der Waals surface area (Å²) in [7, 11) is 0. The van der Waals surface area contributed by atoms with Crippen LogP contribution in [0.2, 0.25) is 5.02 Å². The Hall–Kier alpha value is -3.54. The van der Waals surface area contributed by atoms with E-state index in [9.17, 15) is 4.79 Å². The van der Waals surface area contributed by atoms with Gasteiger partial charge in [-0.1, -0.05) is 60.1 Å². The number of amidine groups is 1. The van der Waals surface area contributed by atoms with Crippen LogP contribution < -0.4 is 4.90 Å². The quantitative estimate of drug-likeness (QED) is 0.266. The van der Waals surface area contributed by atoms with Gasteiger partial charge in [0, 0.05) is 16.7 Å². The van der Waals surface area contributed by atoms with Crippen molar-refractivity contribution in [2.24, 2.45) is 4.99 Å².